The van der Waals surface area contributed by atoms with Crippen LogP contribution in [0.4, 0.5) is 0 Å². The van der Waals surface area contributed by atoms with Crippen LogP contribution in [-0.2, 0) is 4.79 Å². The van der Waals surface area contributed by atoms with Gasteiger partial charge in [0.25, 0.3) is 0 Å². The molecule has 0 aromatic rings. The molecule has 0 aromatic carbocycles. The van der Waals surface area contributed by atoms with Crippen molar-refractivity contribution >= 4 is 5.78 Å². The first-order valence-electron chi connectivity index (χ1n) is 5.42. The molecule has 0 N–H and O–H groups in total. The molecule has 1 nitrogen and oxygen atoms in total. The summed E-state index contributed by atoms with van der Waals surface area (Å²) < 4.78 is 0. The Labute approximate surface area is 124 Å². The van der Waals surface area contributed by atoms with Crippen molar-refractivity contribution in [2.45, 2.75) is 53.9 Å². The molecule has 2 heteroatoms. The van der Waals surface area contributed by atoms with Gasteiger partial charge in [-0.1, -0.05) is 52.9 Å². The van der Waals surface area contributed by atoms with Crippen LogP contribution in [0.25, 0.3) is 0 Å². The molecule has 0 atom stereocenters. The van der Waals surface area contributed by atoms with Crippen molar-refractivity contribution in [2.75, 3.05) is 0 Å². The van der Waals surface area contributed by atoms with Crippen molar-refractivity contribution in [2.24, 2.45) is 11.3 Å². The van der Waals surface area contributed by atoms with Crippen molar-refractivity contribution in [3.05, 3.63) is 13.8 Å². The Morgan fingerprint density at radius 1 is 1.33 bits per heavy atom. The van der Waals surface area contributed by atoms with Gasteiger partial charge in [0.2, 0.25) is 0 Å². The molecule has 89 valence electrons. The van der Waals surface area contributed by atoms with E-state index in [0.717, 1.165) is 6.42 Å². The number of carbonyl (C=O) groups is 1. The first kappa shape index (κ1) is 21.1. The maximum atomic E-state index is 10.0. The fourth-order valence-corrected chi connectivity index (χ4v) is 0.802. The van der Waals surface area contributed by atoms with Crippen LogP contribution in [0.1, 0.15) is 53.9 Å². The van der Waals surface area contributed by atoms with Gasteiger partial charge in [0.15, 0.2) is 0 Å². The third kappa shape index (κ3) is 17.4. The Hall–Kier alpha value is 0.735. The van der Waals surface area contributed by atoms with E-state index in [1.807, 2.05) is 13.8 Å². The number of carbonyl (C=O) groups excluding carboxylic acids is 1. The minimum Gasteiger partial charge on any atom is -0.343 e. The molecule has 15 heavy (non-hydrogen) atoms. The smallest absolute Gasteiger partial charge is 0 e. The molecule has 0 aliphatic rings. The molecule has 0 amide bonds. The van der Waals surface area contributed by atoms with Crippen LogP contribution in [0, 0.1) is 60.8 Å². The Balaban J connectivity index is -0.000000187. The standard InChI is InChI=1S/C8H17.C5H9O.La/c1-5-7-8(3,4)6-2;1-4(2)5(3)6;/h2,5-7H2,1,3-4H3;4H,3H2,1-2H3;/q2*-1;. The Morgan fingerprint density at radius 2 is 1.67 bits per heavy atom. The molecule has 0 aliphatic heterocycles. The monoisotopic (exact) mass is 337 g/mol. The third-order valence-corrected chi connectivity index (χ3v) is 2.25. The van der Waals surface area contributed by atoms with Crippen LogP contribution < -0.4 is 0 Å². The van der Waals surface area contributed by atoms with Crippen molar-refractivity contribution in [1.82, 2.24) is 0 Å². The normalized spacial score (nSPS) is 10.1. The molecule has 0 fully saturated rings. The SMILES string of the molecule is [CH2-]C(=O)C(C)C.[CH2-]CC(C)(C)CCC.[La]. The van der Waals surface area contributed by atoms with Gasteiger partial charge in [0.1, 0.15) is 0 Å². The molecule has 1 radical (unpaired) electrons. The van der Waals surface area contributed by atoms with Crippen LogP contribution in [0.2, 0.25) is 0 Å². The number of ketones is 1. The van der Waals surface area contributed by atoms with Crippen LogP contribution >= 0.6 is 0 Å². The van der Waals surface area contributed by atoms with E-state index in [4.69, 9.17) is 0 Å². The summed E-state index contributed by atoms with van der Waals surface area (Å²) in [5.41, 5.74) is 0.481. The van der Waals surface area contributed by atoms with E-state index >= 15 is 0 Å². The van der Waals surface area contributed by atoms with Gasteiger partial charge in [0.05, 0.1) is 0 Å². The van der Waals surface area contributed by atoms with Gasteiger partial charge in [0, 0.05) is 35.6 Å². The van der Waals surface area contributed by atoms with Crippen molar-refractivity contribution in [3.63, 3.8) is 0 Å². The van der Waals surface area contributed by atoms with Gasteiger partial charge in [-0.05, 0) is 11.7 Å². The van der Waals surface area contributed by atoms with E-state index in [2.05, 4.69) is 34.6 Å². The van der Waals surface area contributed by atoms with E-state index < -0.39 is 0 Å². The summed E-state index contributed by atoms with van der Waals surface area (Å²) in [4.78, 5) is 10.0. The van der Waals surface area contributed by atoms with Crippen molar-refractivity contribution in [1.29, 1.82) is 0 Å². The zero-order valence-corrected chi connectivity index (χ0v) is 14.7. The van der Waals surface area contributed by atoms with Gasteiger partial charge >= 0.3 is 0 Å². The molecule has 0 unspecified atom stereocenters. The fourth-order valence-electron chi connectivity index (χ4n) is 0.802. The molecule has 0 bridgehead atoms. The summed E-state index contributed by atoms with van der Waals surface area (Å²) in [7, 11) is 0. The van der Waals surface area contributed by atoms with E-state index in [-0.39, 0.29) is 47.3 Å². The van der Waals surface area contributed by atoms with Crippen LogP contribution in [0.15, 0.2) is 0 Å². The van der Waals surface area contributed by atoms with Crippen LogP contribution in [-0.4, -0.2) is 5.78 Å². The Kier molecular flexibility index (Phi) is 15.8. The summed E-state index contributed by atoms with van der Waals surface area (Å²) in [6.07, 6.45) is 3.64. The number of Topliss-reactive ketones (excluding diaryl/α,β-unsaturated/α-hetero) is 1. The minimum absolute atomic E-state index is 0. The van der Waals surface area contributed by atoms with Gasteiger partial charge in [-0.2, -0.15) is 6.42 Å². The molecule has 0 saturated heterocycles. The maximum absolute atomic E-state index is 10.0. The zero-order valence-electron chi connectivity index (χ0n) is 11.1. The molecule has 0 spiro atoms. The fraction of sp³-hybridized carbons (Fsp3) is 0.769. The van der Waals surface area contributed by atoms with Crippen molar-refractivity contribution in [3.8, 4) is 0 Å². The summed E-state index contributed by atoms with van der Waals surface area (Å²) >= 11 is 0. The van der Waals surface area contributed by atoms with Crippen LogP contribution in [0.5, 0.6) is 0 Å². The molecule has 0 heterocycles. The summed E-state index contributed by atoms with van der Waals surface area (Å²) in [5, 5.41) is 0. The van der Waals surface area contributed by atoms with Gasteiger partial charge in [-0.15, -0.1) is 0 Å². The number of rotatable bonds is 4. The maximum Gasteiger partial charge on any atom is 0 e. The number of hydrogen-bond acceptors (Lipinski definition) is 1. The largest absolute Gasteiger partial charge is 0.343 e. The van der Waals surface area contributed by atoms with E-state index in [1.165, 1.54) is 12.8 Å². The predicted octanol–water partition coefficient (Wildman–Crippen LogP) is 4.08. The van der Waals surface area contributed by atoms with E-state index in [1.54, 1.807) is 0 Å². The second-order valence-corrected chi connectivity index (χ2v) is 4.79. The molecule has 0 saturated carbocycles. The number of hydrogen-bond donors (Lipinski definition) is 0. The predicted molar refractivity (Wildman–Crippen MR) is 63.9 cm³/mol. The van der Waals surface area contributed by atoms with Gasteiger partial charge < -0.3 is 18.6 Å². The van der Waals surface area contributed by atoms with Gasteiger partial charge in [-0.25, -0.2) is 0 Å². The molecule has 0 rings (SSSR count). The third-order valence-electron chi connectivity index (χ3n) is 2.25. The van der Waals surface area contributed by atoms with E-state index in [9.17, 15) is 4.79 Å². The summed E-state index contributed by atoms with van der Waals surface area (Å²) in [5.74, 6) is 0.111. The molecule has 0 aliphatic carbocycles. The molecule has 0 aromatic heterocycles. The summed E-state index contributed by atoms with van der Waals surface area (Å²) in [6.45, 7) is 17.5. The first-order valence-corrected chi connectivity index (χ1v) is 5.42. The topological polar surface area (TPSA) is 17.1 Å². The van der Waals surface area contributed by atoms with Gasteiger partial charge in [-0.3, -0.25) is 0 Å². The minimum atomic E-state index is 0. The molecular formula is C13H26LaO-2. The molecular weight excluding hydrogens is 311 g/mol. The second kappa shape index (κ2) is 11.2. The average molecular weight is 337 g/mol. The first-order chi connectivity index (χ1) is 6.26. The average Bonchev–Trinajstić information content (AvgIpc) is 2.05. The van der Waals surface area contributed by atoms with Crippen LogP contribution in [0.3, 0.4) is 0 Å². The van der Waals surface area contributed by atoms with E-state index in [0.29, 0.717) is 5.41 Å². The Bertz CT molecular complexity index is 151. The zero-order chi connectivity index (χ0) is 11.8. The second-order valence-electron chi connectivity index (χ2n) is 4.79. The summed E-state index contributed by atoms with van der Waals surface area (Å²) in [6, 6.07) is 0. The van der Waals surface area contributed by atoms with Crippen molar-refractivity contribution < 1.29 is 40.4 Å². The quantitative estimate of drug-likeness (QED) is 0.707. The Morgan fingerprint density at radius 3 is 1.73 bits per heavy atom.